The minimum atomic E-state index is -3.23. The molecule has 20 heavy (non-hydrogen) atoms. The lowest BCUT2D eigenvalue weighted by Gasteiger charge is -2.10. The summed E-state index contributed by atoms with van der Waals surface area (Å²) in [5.41, 5.74) is 0.615. The quantitative estimate of drug-likeness (QED) is 0.888. The first-order chi connectivity index (χ1) is 9.56. The Hall–Kier alpha value is -1.75. The van der Waals surface area contributed by atoms with Crippen LogP contribution in [0.15, 0.2) is 45.7 Å². The number of benzene rings is 1. The molecule has 0 fully saturated rings. The summed E-state index contributed by atoms with van der Waals surface area (Å²) in [6, 6.07) is 10.8. The van der Waals surface area contributed by atoms with Crippen LogP contribution < -0.4 is 5.32 Å². The van der Waals surface area contributed by atoms with Crippen molar-refractivity contribution < 1.29 is 12.8 Å². The van der Waals surface area contributed by atoms with Gasteiger partial charge < -0.3 is 9.73 Å². The third-order valence-corrected chi connectivity index (χ3v) is 4.91. The van der Waals surface area contributed by atoms with E-state index in [1.54, 1.807) is 25.1 Å². The van der Waals surface area contributed by atoms with Crippen LogP contribution in [0.5, 0.6) is 0 Å². The van der Waals surface area contributed by atoms with E-state index >= 15 is 0 Å². The number of para-hydroxylation sites is 1. The zero-order valence-corrected chi connectivity index (χ0v) is 12.5. The number of aryl methyl sites for hydroxylation is 1. The molecule has 2 rings (SSSR count). The highest BCUT2D eigenvalue weighted by molar-refractivity contribution is 7.91. The number of anilines is 1. The Morgan fingerprint density at radius 2 is 1.75 bits per heavy atom. The number of furan rings is 1. The van der Waals surface area contributed by atoms with Crippen molar-refractivity contribution in [2.75, 3.05) is 11.1 Å². The predicted molar refractivity (Wildman–Crippen MR) is 79.6 cm³/mol. The molecule has 0 spiro atoms. The van der Waals surface area contributed by atoms with Gasteiger partial charge in [-0.25, -0.2) is 8.42 Å². The molecule has 0 amide bonds. The van der Waals surface area contributed by atoms with Gasteiger partial charge in [0.1, 0.15) is 11.5 Å². The van der Waals surface area contributed by atoms with Gasteiger partial charge in [0.15, 0.2) is 9.84 Å². The second-order valence-electron chi connectivity index (χ2n) is 4.47. The third-order valence-electron chi connectivity index (χ3n) is 3.12. The standard InChI is InChI=1S/C15H19NO3S/c1-3-12-9-10-13(19-12)11-16-14-7-5-6-8-15(14)20(17,18)4-2/h5-10,16H,3-4,11H2,1-2H3. The van der Waals surface area contributed by atoms with E-state index in [0.29, 0.717) is 17.1 Å². The van der Waals surface area contributed by atoms with Crippen LogP contribution in [0.3, 0.4) is 0 Å². The largest absolute Gasteiger partial charge is 0.464 e. The van der Waals surface area contributed by atoms with Gasteiger partial charge in [0.25, 0.3) is 0 Å². The Balaban J connectivity index is 2.18. The summed E-state index contributed by atoms with van der Waals surface area (Å²) in [6.07, 6.45) is 0.848. The fourth-order valence-corrected chi connectivity index (χ4v) is 3.00. The van der Waals surface area contributed by atoms with Crippen LogP contribution in [0.4, 0.5) is 5.69 Å². The summed E-state index contributed by atoms with van der Waals surface area (Å²) in [5, 5.41) is 3.13. The Labute approximate surface area is 119 Å². The Bertz CT molecular complexity index is 674. The van der Waals surface area contributed by atoms with Crippen LogP contribution in [0.25, 0.3) is 0 Å². The molecule has 1 aromatic heterocycles. The molecular weight excluding hydrogens is 274 g/mol. The van der Waals surface area contributed by atoms with Gasteiger partial charge in [-0.1, -0.05) is 26.0 Å². The Morgan fingerprint density at radius 3 is 2.40 bits per heavy atom. The summed E-state index contributed by atoms with van der Waals surface area (Å²) >= 11 is 0. The van der Waals surface area contributed by atoms with E-state index in [1.165, 1.54) is 0 Å². The van der Waals surface area contributed by atoms with E-state index in [0.717, 1.165) is 17.9 Å². The molecule has 0 aliphatic carbocycles. The first-order valence-corrected chi connectivity index (χ1v) is 8.35. The van der Waals surface area contributed by atoms with E-state index in [9.17, 15) is 8.42 Å². The molecule has 0 radical (unpaired) electrons. The number of sulfone groups is 1. The number of hydrogen-bond acceptors (Lipinski definition) is 4. The fourth-order valence-electron chi connectivity index (χ4n) is 1.93. The van der Waals surface area contributed by atoms with Gasteiger partial charge in [0, 0.05) is 6.42 Å². The predicted octanol–water partition coefficient (Wildman–Crippen LogP) is 3.25. The molecule has 4 nitrogen and oxygen atoms in total. The molecule has 2 aromatic rings. The van der Waals surface area contributed by atoms with Gasteiger partial charge >= 0.3 is 0 Å². The first kappa shape index (κ1) is 14.7. The average Bonchev–Trinajstić information content (AvgIpc) is 2.93. The highest BCUT2D eigenvalue weighted by Crippen LogP contribution is 2.23. The molecule has 0 aliphatic rings. The molecule has 0 aliphatic heterocycles. The summed E-state index contributed by atoms with van der Waals surface area (Å²) < 4.78 is 29.6. The molecular formula is C15H19NO3S. The molecule has 1 N–H and O–H groups in total. The second-order valence-corrected chi connectivity index (χ2v) is 6.72. The molecule has 5 heteroatoms. The molecule has 1 aromatic carbocycles. The van der Waals surface area contributed by atoms with Crippen LogP contribution >= 0.6 is 0 Å². The van der Waals surface area contributed by atoms with E-state index in [4.69, 9.17) is 4.42 Å². The zero-order valence-electron chi connectivity index (χ0n) is 11.7. The van der Waals surface area contributed by atoms with Crippen molar-refractivity contribution in [3.05, 3.63) is 47.9 Å². The fraction of sp³-hybridized carbons (Fsp3) is 0.333. The topological polar surface area (TPSA) is 59.3 Å². The maximum Gasteiger partial charge on any atom is 0.180 e. The highest BCUT2D eigenvalue weighted by atomic mass is 32.2. The number of nitrogens with one attached hydrogen (secondary N) is 1. The minimum absolute atomic E-state index is 0.0897. The minimum Gasteiger partial charge on any atom is -0.464 e. The molecule has 0 saturated carbocycles. The van der Waals surface area contributed by atoms with Crippen LogP contribution in [-0.2, 0) is 22.8 Å². The summed E-state index contributed by atoms with van der Waals surface area (Å²) in [6.45, 7) is 4.14. The van der Waals surface area contributed by atoms with Crippen molar-refractivity contribution in [3.8, 4) is 0 Å². The lowest BCUT2D eigenvalue weighted by Crippen LogP contribution is -2.08. The van der Waals surface area contributed by atoms with Crippen molar-refractivity contribution in [2.45, 2.75) is 31.7 Å². The maximum atomic E-state index is 12.0. The molecule has 108 valence electrons. The van der Waals surface area contributed by atoms with Gasteiger partial charge in [-0.15, -0.1) is 0 Å². The average molecular weight is 293 g/mol. The number of hydrogen-bond donors (Lipinski definition) is 1. The van der Waals surface area contributed by atoms with Crippen LogP contribution in [-0.4, -0.2) is 14.2 Å². The normalized spacial score (nSPS) is 11.5. The third kappa shape index (κ3) is 3.22. The van der Waals surface area contributed by atoms with Crippen molar-refractivity contribution in [2.24, 2.45) is 0 Å². The van der Waals surface area contributed by atoms with Crippen molar-refractivity contribution in [1.82, 2.24) is 0 Å². The molecule has 0 saturated heterocycles. The van der Waals surface area contributed by atoms with E-state index in [2.05, 4.69) is 5.32 Å². The van der Waals surface area contributed by atoms with Gasteiger partial charge in [0.2, 0.25) is 0 Å². The molecule has 0 bridgehead atoms. The van der Waals surface area contributed by atoms with E-state index < -0.39 is 9.84 Å². The highest BCUT2D eigenvalue weighted by Gasteiger charge is 2.15. The van der Waals surface area contributed by atoms with Gasteiger partial charge in [-0.3, -0.25) is 0 Å². The smallest absolute Gasteiger partial charge is 0.180 e. The zero-order chi connectivity index (χ0) is 14.6. The SMILES string of the molecule is CCc1ccc(CNc2ccccc2S(=O)(=O)CC)o1. The lowest BCUT2D eigenvalue weighted by molar-refractivity contribution is 0.476. The number of rotatable bonds is 6. The van der Waals surface area contributed by atoms with Crippen LogP contribution in [0.1, 0.15) is 25.4 Å². The molecule has 0 unspecified atom stereocenters. The Morgan fingerprint density at radius 1 is 1.05 bits per heavy atom. The monoisotopic (exact) mass is 293 g/mol. The summed E-state index contributed by atoms with van der Waals surface area (Å²) in [5.74, 6) is 1.81. The van der Waals surface area contributed by atoms with Gasteiger partial charge in [-0.05, 0) is 24.3 Å². The van der Waals surface area contributed by atoms with Gasteiger partial charge in [-0.2, -0.15) is 0 Å². The van der Waals surface area contributed by atoms with Crippen molar-refractivity contribution in [3.63, 3.8) is 0 Å². The van der Waals surface area contributed by atoms with Gasteiger partial charge in [0.05, 0.1) is 22.9 Å². The molecule has 0 atom stereocenters. The molecule has 1 heterocycles. The van der Waals surface area contributed by atoms with Crippen molar-refractivity contribution in [1.29, 1.82) is 0 Å². The lowest BCUT2D eigenvalue weighted by atomic mass is 10.3. The van der Waals surface area contributed by atoms with E-state index in [-0.39, 0.29) is 5.75 Å². The van der Waals surface area contributed by atoms with Crippen molar-refractivity contribution >= 4 is 15.5 Å². The first-order valence-electron chi connectivity index (χ1n) is 6.70. The summed E-state index contributed by atoms with van der Waals surface area (Å²) in [7, 11) is -3.23. The van der Waals surface area contributed by atoms with Crippen LogP contribution in [0.2, 0.25) is 0 Å². The van der Waals surface area contributed by atoms with Crippen LogP contribution in [0, 0.1) is 0 Å². The second kappa shape index (κ2) is 6.13. The van der Waals surface area contributed by atoms with E-state index in [1.807, 2.05) is 25.1 Å². The maximum absolute atomic E-state index is 12.0. The Kier molecular flexibility index (Phi) is 4.49. The summed E-state index contributed by atoms with van der Waals surface area (Å²) in [4.78, 5) is 0.338.